The molecule has 0 atom stereocenters. The molecular formula is C20H17N3O2. The van der Waals surface area contributed by atoms with E-state index in [9.17, 15) is 9.59 Å². The number of nitrogens with zero attached hydrogens (tertiary/aromatic N) is 1. The molecule has 0 spiro atoms. The van der Waals surface area contributed by atoms with Gasteiger partial charge in [-0.2, -0.15) is 0 Å². The van der Waals surface area contributed by atoms with Crippen molar-refractivity contribution >= 4 is 34.1 Å². The maximum absolute atomic E-state index is 12.6. The Morgan fingerprint density at radius 3 is 2.28 bits per heavy atom. The Morgan fingerprint density at radius 1 is 0.880 bits per heavy atom. The van der Waals surface area contributed by atoms with E-state index in [1.165, 1.54) is 0 Å². The summed E-state index contributed by atoms with van der Waals surface area (Å²) in [6, 6.07) is 16.4. The van der Waals surface area contributed by atoms with Crippen LogP contribution in [-0.4, -0.2) is 16.8 Å². The quantitative estimate of drug-likeness (QED) is 0.763. The van der Waals surface area contributed by atoms with E-state index in [1.54, 1.807) is 36.5 Å². The topological polar surface area (TPSA) is 71.1 Å². The average molecular weight is 331 g/mol. The summed E-state index contributed by atoms with van der Waals surface area (Å²) >= 11 is 0. The van der Waals surface area contributed by atoms with Crippen LogP contribution in [0.2, 0.25) is 0 Å². The van der Waals surface area contributed by atoms with Gasteiger partial charge in [-0.3, -0.25) is 14.6 Å². The first-order chi connectivity index (χ1) is 12.2. The van der Waals surface area contributed by atoms with Gasteiger partial charge < -0.3 is 10.6 Å². The van der Waals surface area contributed by atoms with Gasteiger partial charge in [0.1, 0.15) is 0 Å². The SMILES string of the molecule is O=C(Nc1ccc(NC(=O)C2CC2)cc1)c1ccnc2ccccc12. The molecule has 1 aliphatic rings. The van der Waals surface area contributed by atoms with Crippen molar-refractivity contribution in [3.05, 3.63) is 66.4 Å². The van der Waals surface area contributed by atoms with Gasteiger partial charge in [-0.1, -0.05) is 18.2 Å². The third-order valence-electron chi connectivity index (χ3n) is 4.25. The molecule has 2 amide bonds. The van der Waals surface area contributed by atoms with Crippen LogP contribution in [0, 0.1) is 5.92 Å². The fraction of sp³-hybridized carbons (Fsp3) is 0.150. The second kappa shape index (κ2) is 6.36. The van der Waals surface area contributed by atoms with Crippen LogP contribution in [-0.2, 0) is 4.79 Å². The molecule has 4 rings (SSSR count). The number of amides is 2. The molecule has 0 radical (unpaired) electrons. The molecule has 0 aliphatic heterocycles. The summed E-state index contributed by atoms with van der Waals surface area (Å²) in [5, 5.41) is 6.58. The first-order valence-corrected chi connectivity index (χ1v) is 8.27. The van der Waals surface area contributed by atoms with Crippen molar-refractivity contribution in [1.82, 2.24) is 4.98 Å². The minimum absolute atomic E-state index is 0.0695. The lowest BCUT2D eigenvalue weighted by molar-refractivity contribution is -0.117. The van der Waals surface area contributed by atoms with Gasteiger partial charge in [-0.05, 0) is 49.2 Å². The third kappa shape index (κ3) is 3.35. The Bertz CT molecular complexity index is 941. The first kappa shape index (κ1) is 15.3. The Kier molecular flexibility index (Phi) is 3.90. The number of hydrogen-bond donors (Lipinski definition) is 2. The molecule has 1 heterocycles. The number of anilines is 2. The van der Waals surface area contributed by atoms with Crippen molar-refractivity contribution in [2.45, 2.75) is 12.8 Å². The van der Waals surface area contributed by atoms with Gasteiger partial charge >= 0.3 is 0 Å². The summed E-state index contributed by atoms with van der Waals surface area (Å²) in [6.07, 6.45) is 3.58. The van der Waals surface area contributed by atoms with E-state index in [1.807, 2.05) is 24.3 Å². The fourth-order valence-corrected chi connectivity index (χ4v) is 2.72. The highest BCUT2D eigenvalue weighted by Gasteiger charge is 2.29. The van der Waals surface area contributed by atoms with Gasteiger partial charge in [0.2, 0.25) is 5.91 Å². The predicted octanol–water partition coefficient (Wildman–Crippen LogP) is 3.84. The standard InChI is InChI=1S/C20H17N3O2/c24-19(13-5-6-13)22-14-7-9-15(10-8-14)23-20(25)17-11-12-21-18-4-2-1-3-16(17)18/h1-4,7-13H,5-6H2,(H,22,24)(H,23,25). The number of fused-ring (bicyclic) bond motifs is 1. The van der Waals surface area contributed by atoms with Crippen molar-refractivity contribution in [3.63, 3.8) is 0 Å². The molecule has 25 heavy (non-hydrogen) atoms. The number of nitrogens with one attached hydrogen (secondary N) is 2. The summed E-state index contributed by atoms with van der Waals surface area (Å²) in [5.41, 5.74) is 2.78. The Hall–Kier alpha value is -3.21. The number of aromatic nitrogens is 1. The number of pyridine rings is 1. The minimum Gasteiger partial charge on any atom is -0.326 e. The van der Waals surface area contributed by atoms with Crippen LogP contribution < -0.4 is 10.6 Å². The fourth-order valence-electron chi connectivity index (χ4n) is 2.72. The maximum Gasteiger partial charge on any atom is 0.256 e. The van der Waals surface area contributed by atoms with E-state index in [4.69, 9.17) is 0 Å². The summed E-state index contributed by atoms with van der Waals surface area (Å²) < 4.78 is 0. The van der Waals surface area contributed by atoms with Gasteiger partial charge in [-0.15, -0.1) is 0 Å². The maximum atomic E-state index is 12.6. The Morgan fingerprint density at radius 2 is 1.56 bits per heavy atom. The van der Waals surface area contributed by atoms with Crippen LogP contribution in [0.15, 0.2) is 60.8 Å². The van der Waals surface area contributed by atoms with Crippen LogP contribution in [0.25, 0.3) is 10.9 Å². The molecule has 124 valence electrons. The normalized spacial score (nSPS) is 13.4. The molecule has 5 heteroatoms. The molecule has 0 saturated heterocycles. The molecule has 1 aliphatic carbocycles. The molecule has 5 nitrogen and oxygen atoms in total. The van der Waals surface area contributed by atoms with Crippen molar-refractivity contribution in [3.8, 4) is 0 Å². The molecule has 0 unspecified atom stereocenters. The summed E-state index contributed by atoms with van der Waals surface area (Å²) in [5.74, 6) is 0.0488. The number of benzene rings is 2. The van der Waals surface area contributed by atoms with Gasteiger partial charge in [0.25, 0.3) is 5.91 Å². The number of para-hydroxylation sites is 1. The molecule has 2 N–H and O–H groups in total. The number of carbonyl (C=O) groups excluding carboxylic acids is 2. The second-order valence-corrected chi connectivity index (χ2v) is 6.17. The zero-order valence-electron chi connectivity index (χ0n) is 13.5. The highest BCUT2D eigenvalue weighted by molar-refractivity contribution is 6.12. The lowest BCUT2D eigenvalue weighted by Crippen LogP contribution is -2.14. The lowest BCUT2D eigenvalue weighted by Gasteiger charge is -2.09. The van der Waals surface area contributed by atoms with Gasteiger partial charge in [0.05, 0.1) is 11.1 Å². The first-order valence-electron chi connectivity index (χ1n) is 8.27. The van der Waals surface area contributed by atoms with E-state index < -0.39 is 0 Å². The van der Waals surface area contributed by atoms with Crippen LogP contribution in [0.1, 0.15) is 23.2 Å². The highest BCUT2D eigenvalue weighted by atomic mass is 16.2. The summed E-state index contributed by atoms with van der Waals surface area (Å²) in [6.45, 7) is 0. The molecular weight excluding hydrogens is 314 g/mol. The van der Waals surface area contributed by atoms with Gasteiger partial charge in [-0.25, -0.2) is 0 Å². The van der Waals surface area contributed by atoms with E-state index >= 15 is 0 Å². The molecule has 1 aromatic heterocycles. The van der Waals surface area contributed by atoms with Crippen molar-refractivity contribution in [2.75, 3.05) is 10.6 Å². The number of carbonyl (C=O) groups is 2. The molecule has 0 bridgehead atoms. The Balaban J connectivity index is 1.49. The molecule has 2 aromatic carbocycles. The zero-order valence-corrected chi connectivity index (χ0v) is 13.5. The number of hydrogen-bond acceptors (Lipinski definition) is 3. The lowest BCUT2D eigenvalue weighted by atomic mass is 10.1. The van der Waals surface area contributed by atoms with E-state index in [-0.39, 0.29) is 17.7 Å². The zero-order chi connectivity index (χ0) is 17.2. The third-order valence-corrected chi connectivity index (χ3v) is 4.25. The monoisotopic (exact) mass is 331 g/mol. The van der Waals surface area contributed by atoms with E-state index in [0.717, 1.165) is 29.4 Å². The van der Waals surface area contributed by atoms with E-state index in [2.05, 4.69) is 15.6 Å². The second-order valence-electron chi connectivity index (χ2n) is 6.17. The summed E-state index contributed by atoms with van der Waals surface area (Å²) in [4.78, 5) is 28.6. The van der Waals surface area contributed by atoms with Crippen molar-refractivity contribution in [2.24, 2.45) is 5.92 Å². The Labute approximate surface area is 145 Å². The van der Waals surface area contributed by atoms with Gasteiger partial charge in [0, 0.05) is 28.9 Å². The molecule has 1 fully saturated rings. The smallest absolute Gasteiger partial charge is 0.256 e. The number of rotatable bonds is 4. The van der Waals surface area contributed by atoms with Crippen LogP contribution in [0.5, 0.6) is 0 Å². The van der Waals surface area contributed by atoms with Crippen LogP contribution in [0.4, 0.5) is 11.4 Å². The minimum atomic E-state index is -0.187. The van der Waals surface area contributed by atoms with E-state index in [0.29, 0.717) is 11.3 Å². The van der Waals surface area contributed by atoms with Crippen LogP contribution >= 0.6 is 0 Å². The van der Waals surface area contributed by atoms with Crippen molar-refractivity contribution in [1.29, 1.82) is 0 Å². The predicted molar refractivity (Wildman–Crippen MR) is 97.5 cm³/mol. The largest absolute Gasteiger partial charge is 0.326 e. The van der Waals surface area contributed by atoms with Gasteiger partial charge in [0.15, 0.2) is 0 Å². The van der Waals surface area contributed by atoms with Crippen LogP contribution in [0.3, 0.4) is 0 Å². The summed E-state index contributed by atoms with van der Waals surface area (Å²) in [7, 11) is 0. The highest BCUT2D eigenvalue weighted by Crippen LogP contribution is 2.30. The average Bonchev–Trinajstić information content (AvgIpc) is 3.48. The molecule has 1 saturated carbocycles. The van der Waals surface area contributed by atoms with Crippen molar-refractivity contribution < 1.29 is 9.59 Å². The molecule has 3 aromatic rings.